The minimum atomic E-state index is -0.805. The molecule has 2 aliphatic rings. The average Bonchev–Trinajstić information content (AvgIpc) is 3.98. The van der Waals surface area contributed by atoms with Crippen molar-refractivity contribution in [3.05, 3.63) is 58.9 Å². The molecule has 13 heteroatoms. The molecule has 13 nitrogen and oxygen atoms in total. The molecule has 75 heavy (non-hydrogen) atoms. The van der Waals surface area contributed by atoms with Crippen molar-refractivity contribution in [2.75, 3.05) is 53.0 Å². The summed E-state index contributed by atoms with van der Waals surface area (Å²) in [7, 11) is 1.71. The first kappa shape index (κ1) is 63.1. The molecule has 4 heterocycles. The third-order valence-electron chi connectivity index (χ3n) is 15.9. The van der Waals surface area contributed by atoms with Gasteiger partial charge in [-0.25, -0.2) is 5.43 Å². The minimum absolute atomic E-state index is 0.0320. The highest BCUT2D eigenvalue weighted by Gasteiger charge is 2.39. The van der Waals surface area contributed by atoms with E-state index >= 15 is 0 Å². The van der Waals surface area contributed by atoms with Crippen LogP contribution in [0, 0.1) is 41.9 Å². The van der Waals surface area contributed by atoms with E-state index in [1.54, 1.807) is 12.1 Å². The summed E-state index contributed by atoms with van der Waals surface area (Å²) < 4.78 is 13.7. The predicted octanol–water partition coefficient (Wildman–Crippen LogP) is 12.1. The molecule has 0 spiro atoms. The molecule has 0 aliphatic carbocycles. The lowest BCUT2D eigenvalue weighted by Gasteiger charge is -2.36. The molecule has 2 saturated heterocycles. The second kappa shape index (κ2) is 29.9. The van der Waals surface area contributed by atoms with Crippen molar-refractivity contribution >= 4 is 40.6 Å². The van der Waals surface area contributed by atoms with Gasteiger partial charge in [0.15, 0.2) is 0 Å². The number of pyridine rings is 1. The van der Waals surface area contributed by atoms with Crippen molar-refractivity contribution in [2.24, 2.45) is 40.0 Å². The molecule has 2 fully saturated rings. The predicted molar refractivity (Wildman–Crippen MR) is 312 cm³/mol. The number of aromatic nitrogens is 2. The second-order valence-corrected chi connectivity index (χ2v) is 23.1. The molecular formula is C62H102N8O5. The Morgan fingerprint density at radius 1 is 1.03 bits per heavy atom. The van der Waals surface area contributed by atoms with Crippen molar-refractivity contribution in [1.82, 2.24) is 35.1 Å². The Hall–Kier alpha value is -4.43. The first-order valence-electron chi connectivity index (χ1n) is 29.0. The van der Waals surface area contributed by atoms with Crippen LogP contribution >= 0.6 is 0 Å². The molecule has 2 amide bonds. The van der Waals surface area contributed by atoms with Gasteiger partial charge in [0.05, 0.1) is 35.8 Å². The molecule has 7 atom stereocenters. The minimum Gasteiger partial charge on any atom is -0.467 e. The maximum absolute atomic E-state index is 14.9. The highest BCUT2D eigenvalue weighted by molar-refractivity contribution is 5.99. The van der Waals surface area contributed by atoms with Crippen LogP contribution < -0.4 is 10.7 Å². The van der Waals surface area contributed by atoms with E-state index in [1.165, 1.54) is 6.42 Å². The molecule has 2 aromatic heterocycles. The number of nitrogens with zero attached hydrogens (tertiary/aromatic N) is 6. The van der Waals surface area contributed by atoms with E-state index in [0.717, 1.165) is 121 Å². The first-order chi connectivity index (χ1) is 35.7. The maximum atomic E-state index is 14.9. The third-order valence-corrected chi connectivity index (χ3v) is 15.9. The number of hydrogen-bond donors (Lipinski definition) is 2. The number of fused-ring (bicyclic) bond motifs is 1. The van der Waals surface area contributed by atoms with E-state index in [2.05, 4.69) is 145 Å². The summed E-state index contributed by atoms with van der Waals surface area (Å²) in [6.07, 6.45) is 9.60. The van der Waals surface area contributed by atoms with Crippen LogP contribution in [-0.4, -0.2) is 119 Å². The van der Waals surface area contributed by atoms with Gasteiger partial charge in [0.2, 0.25) is 5.91 Å². The number of ether oxygens (including phenoxy) is 2. The van der Waals surface area contributed by atoms with Crippen LogP contribution in [0.1, 0.15) is 178 Å². The first-order valence-corrected chi connectivity index (χ1v) is 29.0. The number of benzene rings is 1. The van der Waals surface area contributed by atoms with Gasteiger partial charge in [-0.1, -0.05) is 95.2 Å². The summed E-state index contributed by atoms with van der Waals surface area (Å²) >= 11 is 0. The van der Waals surface area contributed by atoms with E-state index in [4.69, 9.17) is 19.5 Å². The Morgan fingerprint density at radius 3 is 2.33 bits per heavy atom. The van der Waals surface area contributed by atoms with Crippen molar-refractivity contribution in [3.8, 4) is 11.3 Å². The number of rotatable bonds is 27. The third kappa shape index (κ3) is 16.5. The van der Waals surface area contributed by atoms with Crippen LogP contribution in [0.5, 0.6) is 0 Å². The topological polar surface area (TPSA) is 134 Å². The summed E-state index contributed by atoms with van der Waals surface area (Å²) in [6, 6.07) is 8.12. The molecule has 1 aromatic carbocycles. The molecule has 2 aliphatic heterocycles. The zero-order chi connectivity index (χ0) is 55.7. The van der Waals surface area contributed by atoms with Crippen LogP contribution in [0.25, 0.3) is 27.9 Å². The number of likely N-dealkylation sites (tertiary alicyclic amines) is 1. The lowest BCUT2D eigenvalue weighted by Crippen LogP contribution is -2.59. The van der Waals surface area contributed by atoms with Crippen LogP contribution in [0.15, 0.2) is 41.5 Å². The van der Waals surface area contributed by atoms with E-state index in [-0.39, 0.29) is 48.8 Å². The van der Waals surface area contributed by atoms with Crippen molar-refractivity contribution in [1.29, 1.82) is 0 Å². The quantitative estimate of drug-likeness (QED) is 0.0565. The van der Waals surface area contributed by atoms with Crippen molar-refractivity contribution < 1.29 is 23.9 Å². The number of carbonyl (C=O) groups is 3. The largest absolute Gasteiger partial charge is 0.467 e. The fourth-order valence-electron chi connectivity index (χ4n) is 11.5. The Bertz CT molecular complexity index is 2350. The van der Waals surface area contributed by atoms with Gasteiger partial charge >= 0.3 is 0 Å². The summed E-state index contributed by atoms with van der Waals surface area (Å²) in [4.78, 5) is 56.6. The average molecular weight is 1040 g/mol. The van der Waals surface area contributed by atoms with Crippen LogP contribution in [0.3, 0.4) is 0 Å². The zero-order valence-corrected chi connectivity index (χ0v) is 50.1. The van der Waals surface area contributed by atoms with Crippen LogP contribution in [0.4, 0.5) is 0 Å². The van der Waals surface area contributed by atoms with Crippen molar-refractivity contribution in [3.63, 3.8) is 0 Å². The number of hydrogen-bond acceptors (Lipinski definition) is 10. The van der Waals surface area contributed by atoms with E-state index < -0.39 is 11.5 Å². The van der Waals surface area contributed by atoms with Gasteiger partial charge in [-0.3, -0.25) is 34.3 Å². The SMILES string of the molecule is C/C=C(\N=C(CC(NC(=O)C(C(C)C)N1CCC(CN(CC)C(C)C(C)CC(C)C)C1)C(=O)N1CCCCN1)C(C)CC)c1ccc2c(c1)c(CC(C)(C)COC=O)c(-c1cc(C)cnc1C(C)OC)n2CC.CC. The van der Waals surface area contributed by atoms with Gasteiger partial charge in [-0.2, -0.15) is 0 Å². The number of carbonyl (C=O) groups excluding carboxylic acids is 3. The van der Waals surface area contributed by atoms with Gasteiger partial charge < -0.3 is 24.3 Å². The van der Waals surface area contributed by atoms with Gasteiger partial charge in [0.25, 0.3) is 12.4 Å². The highest BCUT2D eigenvalue weighted by atomic mass is 16.5. The molecule has 0 radical (unpaired) electrons. The van der Waals surface area contributed by atoms with Crippen molar-refractivity contribution in [2.45, 2.75) is 193 Å². The van der Waals surface area contributed by atoms with Crippen LogP contribution in [0.2, 0.25) is 0 Å². The Balaban J connectivity index is 0.00000601. The summed E-state index contributed by atoms with van der Waals surface area (Å²) in [6.45, 7) is 43.4. The fourth-order valence-corrected chi connectivity index (χ4v) is 11.5. The molecule has 5 rings (SSSR count). The highest BCUT2D eigenvalue weighted by Crippen LogP contribution is 2.42. The number of methoxy groups -OCH3 is 1. The normalized spacial score (nSPS) is 18.5. The zero-order valence-electron chi connectivity index (χ0n) is 50.1. The number of aliphatic imine (C=N–C) groups is 1. The van der Waals surface area contributed by atoms with Gasteiger partial charge in [0.1, 0.15) is 6.04 Å². The van der Waals surface area contributed by atoms with E-state index in [9.17, 15) is 14.4 Å². The molecular weight excluding hydrogens is 937 g/mol. The molecule has 7 unspecified atom stereocenters. The van der Waals surface area contributed by atoms with Gasteiger partial charge in [0, 0.05) is 91.6 Å². The fraction of sp³-hybridized carbons (Fsp3) is 0.694. The summed E-state index contributed by atoms with van der Waals surface area (Å²) in [5.74, 6) is 1.63. The molecule has 3 aromatic rings. The molecule has 0 bridgehead atoms. The number of aryl methyl sites for hydroxylation is 2. The van der Waals surface area contributed by atoms with Crippen LogP contribution in [-0.2, 0) is 36.8 Å². The van der Waals surface area contributed by atoms with E-state index in [0.29, 0.717) is 43.2 Å². The number of nitrogens with one attached hydrogen (secondary N) is 2. The summed E-state index contributed by atoms with van der Waals surface area (Å²) in [5.41, 5.74) is 11.8. The molecule has 0 saturated carbocycles. The Morgan fingerprint density at radius 2 is 1.75 bits per heavy atom. The lowest BCUT2D eigenvalue weighted by atomic mass is 9.84. The molecule has 2 N–H and O–H groups in total. The van der Waals surface area contributed by atoms with E-state index in [1.807, 2.05) is 33.9 Å². The Kier molecular flexibility index (Phi) is 25.2. The standard InChI is InChI=1S/C60H96N8O5.C2H6/c1-17-42(10)52(32-53(59(71)68-27-22-21-26-62-68)64-58(70)56(40(7)8)66-28-25-46(36-66)35-65(19-3)44(12)43(11)29-39(5)6)63-51(18-2)47-23-24-54-48(31-47)50(33-60(14,15)37-73-38-69)57(67(54)20-4)49-30-41(9)34-61-55(49)45(13)72-16;1-2/h18,23-24,30-31,34,38-40,42-46,53,56,62H,17,19-22,25-29,32-33,35-37H2,1-16H3,(H,64,70);1-2H3/b51-18-,63-52?;. The lowest BCUT2D eigenvalue weighted by molar-refractivity contribution is -0.141. The summed E-state index contributed by atoms with van der Waals surface area (Å²) in [5, 5.41) is 6.19. The van der Waals surface area contributed by atoms with Gasteiger partial charge in [-0.15, -0.1) is 0 Å². The Labute approximate surface area is 454 Å². The number of amides is 2. The second-order valence-electron chi connectivity index (χ2n) is 23.1. The number of hydrazine groups is 1. The smallest absolute Gasteiger partial charge is 0.293 e. The monoisotopic (exact) mass is 1040 g/mol. The number of allylic oxidation sites excluding steroid dienone is 1. The molecule has 420 valence electrons. The maximum Gasteiger partial charge on any atom is 0.293 e. The van der Waals surface area contributed by atoms with Gasteiger partial charge in [-0.05, 0) is 145 Å².